The summed E-state index contributed by atoms with van der Waals surface area (Å²) in [6.45, 7) is 0.442. The Morgan fingerprint density at radius 3 is 2.90 bits per heavy atom. The number of thiazole rings is 1. The quantitative estimate of drug-likeness (QED) is 0.778. The summed E-state index contributed by atoms with van der Waals surface area (Å²) < 4.78 is 1.00. The highest BCUT2D eigenvalue weighted by atomic mass is 32.1. The smallest absolute Gasteiger partial charge is 0.251 e. The monoisotopic (exact) mass is 298 g/mol. The van der Waals surface area contributed by atoms with Crippen molar-refractivity contribution in [2.45, 2.75) is 13.2 Å². The Kier molecular flexibility index (Phi) is 3.94. The molecule has 2 aromatic carbocycles. The fourth-order valence-electron chi connectivity index (χ4n) is 2.12. The SMILES string of the molecule is O=C(NCc1cccc(CO)c1)c1ccc2ncsc2c1. The molecule has 5 heteroatoms. The summed E-state index contributed by atoms with van der Waals surface area (Å²) in [7, 11) is 0. The van der Waals surface area contributed by atoms with E-state index in [2.05, 4.69) is 10.3 Å². The fourth-order valence-corrected chi connectivity index (χ4v) is 2.84. The lowest BCUT2D eigenvalue weighted by Crippen LogP contribution is -2.22. The van der Waals surface area contributed by atoms with Crippen LogP contribution in [0.1, 0.15) is 21.5 Å². The molecule has 3 rings (SSSR count). The van der Waals surface area contributed by atoms with E-state index in [1.54, 1.807) is 11.6 Å². The molecule has 21 heavy (non-hydrogen) atoms. The Hall–Kier alpha value is -2.24. The number of nitrogens with one attached hydrogen (secondary N) is 1. The van der Waals surface area contributed by atoms with E-state index in [-0.39, 0.29) is 12.5 Å². The Balaban J connectivity index is 1.70. The maximum Gasteiger partial charge on any atom is 0.251 e. The summed E-state index contributed by atoms with van der Waals surface area (Å²) in [5, 5.41) is 12.0. The normalized spacial score (nSPS) is 10.7. The summed E-state index contributed by atoms with van der Waals surface area (Å²) in [6.07, 6.45) is 0. The highest BCUT2D eigenvalue weighted by molar-refractivity contribution is 7.16. The van der Waals surface area contributed by atoms with Gasteiger partial charge in [-0.25, -0.2) is 4.98 Å². The van der Waals surface area contributed by atoms with Crippen LogP contribution in [-0.2, 0) is 13.2 Å². The summed E-state index contributed by atoms with van der Waals surface area (Å²) in [5.74, 6) is -0.111. The molecule has 0 bridgehead atoms. The molecule has 4 nitrogen and oxygen atoms in total. The van der Waals surface area contributed by atoms with E-state index < -0.39 is 0 Å². The highest BCUT2D eigenvalue weighted by Gasteiger charge is 2.07. The van der Waals surface area contributed by atoms with Crippen molar-refractivity contribution in [1.82, 2.24) is 10.3 Å². The zero-order valence-corrected chi connectivity index (χ0v) is 12.1. The highest BCUT2D eigenvalue weighted by Crippen LogP contribution is 2.19. The van der Waals surface area contributed by atoms with Crippen molar-refractivity contribution in [3.8, 4) is 0 Å². The van der Waals surface area contributed by atoms with E-state index in [0.717, 1.165) is 21.3 Å². The van der Waals surface area contributed by atoms with E-state index in [1.807, 2.05) is 36.4 Å². The first-order valence-electron chi connectivity index (χ1n) is 6.56. The van der Waals surface area contributed by atoms with Crippen LogP contribution in [0.2, 0.25) is 0 Å². The van der Waals surface area contributed by atoms with Gasteiger partial charge in [0.1, 0.15) is 0 Å². The van der Waals surface area contributed by atoms with E-state index in [0.29, 0.717) is 12.1 Å². The van der Waals surface area contributed by atoms with Crippen LogP contribution in [0, 0.1) is 0 Å². The number of fused-ring (bicyclic) bond motifs is 1. The van der Waals surface area contributed by atoms with Crippen molar-refractivity contribution < 1.29 is 9.90 Å². The largest absolute Gasteiger partial charge is 0.392 e. The van der Waals surface area contributed by atoms with Gasteiger partial charge in [0.05, 0.1) is 22.3 Å². The molecule has 0 spiro atoms. The minimum absolute atomic E-state index is 0.00380. The van der Waals surface area contributed by atoms with Gasteiger partial charge >= 0.3 is 0 Å². The van der Waals surface area contributed by atoms with Gasteiger partial charge in [-0.1, -0.05) is 24.3 Å². The minimum Gasteiger partial charge on any atom is -0.392 e. The van der Waals surface area contributed by atoms with Gasteiger partial charge in [-0.2, -0.15) is 0 Å². The Morgan fingerprint density at radius 2 is 2.05 bits per heavy atom. The summed E-state index contributed by atoms with van der Waals surface area (Å²) in [4.78, 5) is 16.4. The van der Waals surface area contributed by atoms with Gasteiger partial charge in [0.2, 0.25) is 0 Å². The van der Waals surface area contributed by atoms with Crippen molar-refractivity contribution in [3.63, 3.8) is 0 Å². The average molecular weight is 298 g/mol. The molecule has 1 heterocycles. The molecule has 2 N–H and O–H groups in total. The second-order valence-corrected chi connectivity index (χ2v) is 5.58. The Morgan fingerprint density at radius 1 is 1.19 bits per heavy atom. The predicted molar refractivity (Wildman–Crippen MR) is 83.2 cm³/mol. The van der Waals surface area contributed by atoms with Crippen molar-refractivity contribution in [2.24, 2.45) is 0 Å². The van der Waals surface area contributed by atoms with Crippen molar-refractivity contribution in [2.75, 3.05) is 0 Å². The van der Waals surface area contributed by atoms with Crippen LogP contribution in [0.5, 0.6) is 0 Å². The summed E-state index contributed by atoms with van der Waals surface area (Å²) in [6, 6.07) is 13.0. The van der Waals surface area contributed by atoms with Crippen LogP contribution < -0.4 is 5.32 Å². The van der Waals surface area contributed by atoms with E-state index in [1.165, 1.54) is 11.3 Å². The van der Waals surface area contributed by atoms with Gasteiger partial charge < -0.3 is 10.4 Å². The lowest BCUT2D eigenvalue weighted by molar-refractivity contribution is 0.0951. The molecule has 106 valence electrons. The van der Waals surface area contributed by atoms with E-state index in [4.69, 9.17) is 5.11 Å². The van der Waals surface area contributed by atoms with Crippen LogP contribution >= 0.6 is 11.3 Å². The number of hydrogen-bond acceptors (Lipinski definition) is 4. The molecule has 3 aromatic rings. The molecule has 0 radical (unpaired) electrons. The standard InChI is InChI=1S/C16H14N2O2S/c19-9-12-3-1-2-11(6-12)8-17-16(20)13-4-5-14-15(7-13)21-10-18-14/h1-7,10,19H,8-9H2,(H,17,20). The zero-order valence-electron chi connectivity index (χ0n) is 11.2. The second kappa shape index (κ2) is 6.03. The fraction of sp³-hybridized carbons (Fsp3) is 0.125. The number of carbonyl (C=O) groups is 1. The van der Waals surface area contributed by atoms with Crippen molar-refractivity contribution in [3.05, 3.63) is 64.7 Å². The van der Waals surface area contributed by atoms with Crippen LogP contribution in [0.25, 0.3) is 10.2 Å². The van der Waals surface area contributed by atoms with Gasteiger partial charge in [0.25, 0.3) is 5.91 Å². The number of nitrogens with zero attached hydrogens (tertiary/aromatic N) is 1. The molecule has 1 aromatic heterocycles. The first kappa shape index (κ1) is 13.7. The topological polar surface area (TPSA) is 62.2 Å². The van der Waals surface area contributed by atoms with Crippen molar-refractivity contribution >= 4 is 27.5 Å². The Bertz CT molecular complexity index is 783. The third kappa shape index (κ3) is 3.09. The second-order valence-electron chi connectivity index (χ2n) is 4.70. The maximum absolute atomic E-state index is 12.2. The minimum atomic E-state index is -0.111. The molecule has 0 saturated heterocycles. The predicted octanol–water partition coefficient (Wildman–Crippen LogP) is 2.72. The molecule has 0 unspecified atom stereocenters. The number of rotatable bonds is 4. The van der Waals surface area contributed by atoms with Gasteiger partial charge in [-0.05, 0) is 29.3 Å². The summed E-state index contributed by atoms with van der Waals surface area (Å²) >= 11 is 1.52. The number of hydrogen-bond donors (Lipinski definition) is 2. The van der Waals surface area contributed by atoms with Crippen LogP contribution in [0.3, 0.4) is 0 Å². The van der Waals surface area contributed by atoms with E-state index >= 15 is 0 Å². The number of aromatic nitrogens is 1. The molecule has 0 aliphatic rings. The lowest BCUT2D eigenvalue weighted by Gasteiger charge is -2.06. The average Bonchev–Trinajstić information content (AvgIpc) is 3.00. The van der Waals surface area contributed by atoms with Crippen LogP contribution in [0.15, 0.2) is 48.0 Å². The van der Waals surface area contributed by atoms with Crippen LogP contribution in [-0.4, -0.2) is 16.0 Å². The van der Waals surface area contributed by atoms with Crippen LogP contribution in [0.4, 0.5) is 0 Å². The molecule has 1 amide bonds. The number of carbonyl (C=O) groups excluding carboxylic acids is 1. The molecule has 0 saturated carbocycles. The van der Waals surface area contributed by atoms with Crippen molar-refractivity contribution in [1.29, 1.82) is 0 Å². The lowest BCUT2D eigenvalue weighted by atomic mass is 10.1. The maximum atomic E-state index is 12.2. The molecule has 0 fully saturated rings. The number of aliphatic hydroxyl groups is 1. The molecule has 0 aliphatic heterocycles. The zero-order chi connectivity index (χ0) is 14.7. The number of aliphatic hydroxyl groups excluding tert-OH is 1. The van der Waals surface area contributed by atoms with Gasteiger partial charge in [0.15, 0.2) is 0 Å². The molecule has 0 atom stereocenters. The third-order valence-electron chi connectivity index (χ3n) is 3.22. The third-order valence-corrected chi connectivity index (χ3v) is 4.01. The first-order valence-corrected chi connectivity index (χ1v) is 7.44. The molecular formula is C16H14N2O2S. The van der Waals surface area contributed by atoms with Gasteiger partial charge in [0, 0.05) is 12.1 Å². The molecular weight excluding hydrogens is 284 g/mol. The molecule has 0 aliphatic carbocycles. The van der Waals surface area contributed by atoms with E-state index in [9.17, 15) is 4.79 Å². The number of amides is 1. The Labute approximate surface area is 126 Å². The van der Waals surface area contributed by atoms with Gasteiger partial charge in [-0.3, -0.25) is 4.79 Å². The first-order chi connectivity index (χ1) is 10.3. The van der Waals surface area contributed by atoms with Gasteiger partial charge in [-0.15, -0.1) is 11.3 Å². The number of benzene rings is 2. The summed E-state index contributed by atoms with van der Waals surface area (Å²) in [5.41, 5.74) is 5.12.